The van der Waals surface area contributed by atoms with Gasteiger partial charge in [-0.1, -0.05) is 6.92 Å². The van der Waals surface area contributed by atoms with Crippen molar-refractivity contribution >= 4 is 5.91 Å². The van der Waals surface area contributed by atoms with Gasteiger partial charge in [-0.3, -0.25) is 9.36 Å². The van der Waals surface area contributed by atoms with Crippen LogP contribution < -0.4 is 0 Å². The Hall–Kier alpha value is -2.54. The molecule has 18 heavy (non-hydrogen) atoms. The van der Waals surface area contributed by atoms with Crippen molar-refractivity contribution in [3.63, 3.8) is 0 Å². The molecule has 0 fully saturated rings. The van der Waals surface area contributed by atoms with Crippen LogP contribution in [-0.2, 0) is 6.42 Å². The van der Waals surface area contributed by atoms with Gasteiger partial charge >= 0.3 is 0 Å². The maximum absolute atomic E-state index is 12.1. The summed E-state index contributed by atoms with van der Waals surface area (Å²) in [4.78, 5) is 12.1. The zero-order chi connectivity index (χ0) is 13.1. The van der Waals surface area contributed by atoms with Crippen molar-refractivity contribution in [2.45, 2.75) is 13.3 Å². The standard InChI is InChI=1S/C14H12N2O2/c1-2-10-7-11(8-12(9-15)13(10)17)14(18)16-5-3-4-6-16/h3-8,17H,2H2,1H3. The number of phenols is 1. The van der Waals surface area contributed by atoms with Crippen molar-refractivity contribution in [2.75, 3.05) is 0 Å². The van der Waals surface area contributed by atoms with E-state index in [1.165, 1.54) is 10.6 Å². The Labute approximate surface area is 105 Å². The molecular formula is C14H12N2O2. The van der Waals surface area contributed by atoms with Gasteiger partial charge in [0.15, 0.2) is 0 Å². The van der Waals surface area contributed by atoms with Crippen LogP contribution in [0, 0.1) is 11.3 Å². The SMILES string of the molecule is CCc1cc(C(=O)n2cccc2)cc(C#N)c1O. The molecule has 4 heteroatoms. The minimum atomic E-state index is -0.216. The highest BCUT2D eigenvalue weighted by Crippen LogP contribution is 2.25. The van der Waals surface area contributed by atoms with E-state index in [1.54, 1.807) is 30.6 Å². The maximum atomic E-state index is 12.1. The van der Waals surface area contributed by atoms with E-state index in [0.717, 1.165) is 0 Å². The Kier molecular flexibility index (Phi) is 3.16. The van der Waals surface area contributed by atoms with Gasteiger partial charge in [-0.15, -0.1) is 0 Å². The fourth-order valence-corrected chi connectivity index (χ4v) is 1.79. The van der Waals surface area contributed by atoms with Gasteiger partial charge < -0.3 is 5.11 Å². The summed E-state index contributed by atoms with van der Waals surface area (Å²) in [5.74, 6) is -0.254. The van der Waals surface area contributed by atoms with Crippen molar-refractivity contribution in [1.82, 2.24) is 4.57 Å². The summed E-state index contributed by atoms with van der Waals surface area (Å²) < 4.78 is 1.44. The molecule has 0 saturated carbocycles. The zero-order valence-corrected chi connectivity index (χ0v) is 9.92. The number of phenolic OH excluding ortho intramolecular Hbond substituents is 1. The van der Waals surface area contributed by atoms with Crippen LogP contribution in [0.25, 0.3) is 0 Å². The van der Waals surface area contributed by atoms with Gasteiger partial charge in [-0.05, 0) is 36.2 Å². The quantitative estimate of drug-likeness (QED) is 0.875. The number of hydrogen-bond donors (Lipinski definition) is 1. The molecule has 0 aliphatic rings. The smallest absolute Gasteiger partial charge is 0.261 e. The molecule has 0 amide bonds. The Balaban J connectivity index is 2.53. The van der Waals surface area contributed by atoms with E-state index in [9.17, 15) is 9.90 Å². The van der Waals surface area contributed by atoms with E-state index in [-0.39, 0.29) is 17.2 Å². The van der Waals surface area contributed by atoms with Gasteiger partial charge in [0.1, 0.15) is 11.8 Å². The fraction of sp³-hybridized carbons (Fsp3) is 0.143. The number of carbonyl (C=O) groups is 1. The molecule has 0 bridgehead atoms. The molecule has 0 aliphatic heterocycles. The van der Waals surface area contributed by atoms with Crippen molar-refractivity contribution in [3.8, 4) is 11.8 Å². The molecule has 0 saturated heterocycles. The number of aromatic nitrogens is 1. The number of rotatable bonds is 2. The number of benzene rings is 1. The summed E-state index contributed by atoms with van der Waals surface area (Å²) in [6, 6.07) is 8.44. The van der Waals surface area contributed by atoms with Crippen LogP contribution in [0.1, 0.15) is 28.4 Å². The molecule has 2 rings (SSSR count). The van der Waals surface area contributed by atoms with Gasteiger partial charge in [0.2, 0.25) is 0 Å². The number of hydrogen-bond acceptors (Lipinski definition) is 3. The summed E-state index contributed by atoms with van der Waals surface area (Å²) in [5.41, 5.74) is 1.13. The molecule has 90 valence electrons. The molecule has 0 spiro atoms. The average molecular weight is 240 g/mol. The Morgan fingerprint density at radius 2 is 2.06 bits per heavy atom. The third-order valence-corrected chi connectivity index (χ3v) is 2.78. The lowest BCUT2D eigenvalue weighted by atomic mass is 10.0. The van der Waals surface area contributed by atoms with E-state index in [2.05, 4.69) is 0 Å². The summed E-state index contributed by atoms with van der Waals surface area (Å²) in [7, 11) is 0. The van der Waals surface area contributed by atoms with Crippen molar-refractivity contribution in [1.29, 1.82) is 5.26 Å². The van der Waals surface area contributed by atoms with Crippen LogP contribution >= 0.6 is 0 Å². The number of aromatic hydroxyl groups is 1. The predicted octanol–water partition coefficient (Wildman–Crippen LogP) is 2.32. The molecule has 1 heterocycles. The van der Waals surface area contributed by atoms with Gasteiger partial charge in [0, 0.05) is 18.0 Å². The van der Waals surface area contributed by atoms with Crippen LogP contribution in [0.4, 0.5) is 0 Å². The molecule has 0 atom stereocenters. The minimum Gasteiger partial charge on any atom is -0.506 e. The summed E-state index contributed by atoms with van der Waals surface area (Å²) in [6.45, 7) is 1.86. The lowest BCUT2D eigenvalue weighted by molar-refractivity contribution is 0.0960. The van der Waals surface area contributed by atoms with Crippen molar-refractivity contribution in [3.05, 3.63) is 53.3 Å². The number of nitriles is 1. The van der Waals surface area contributed by atoms with Gasteiger partial charge in [-0.2, -0.15) is 5.26 Å². The second-order valence-corrected chi connectivity index (χ2v) is 3.89. The Morgan fingerprint density at radius 1 is 1.39 bits per heavy atom. The van der Waals surface area contributed by atoms with E-state index < -0.39 is 0 Å². The van der Waals surface area contributed by atoms with Gasteiger partial charge in [0.05, 0.1) is 5.56 Å². The van der Waals surface area contributed by atoms with Crippen LogP contribution in [0.3, 0.4) is 0 Å². The highest BCUT2D eigenvalue weighted by Gasteiger charge is 2.14. The van der Waals surface area contributed by atoms with E-state index in [1.807, 2.05) is 13.0 Å². The first-order valence-electron chi connectivity index (χ1n) is 5.61. The largest absolute Gasteiger partial charge is 0.506 e. The van der Waals surface area contributed by atoms with Gasteiger partial charge in [0.25, 0.3) is 5.91 Å². The number of carbonyl (C=O) groups excluding carboxylic acids is 1. The summed E-state index contributed by atoms with van der Waals surface area (Å²) >= 11 is 0. The normalized spacial score (nSPS) is 10.0. The third-order valence-electron chi connectivity index (χ3n) is 2.78. The molecule has 1 aromatic carbocycles. The fourth-order valence-electron chi connectivity index (χ4n) is 1.79. The molecule has 1 aromatic heterocycles. The first-order chi connectivity index (χ1) is 8.67. The topological polar surface area (TPSA) is 66.0 Å². The van der Waals surface area contributed by atoms with Crippen LogP contribution in [0.2, 0.25) is 0 Å². The lowest BCUT2D eigenvalue weighted by Gasteiger charge is -2.08. The molecule has 4 nitrogen and oxygen atoms in total. The lowest BCUT2D eigenvalue weighted by Crippen LogP contribution is -2.10. The Morgan fingerprint density at radius 3 is 2.61 bits per heavy atom. The molecule has 0 aliphatic carbocycles. The van der Waals surface area contributed by atoms with E-state index >= 15 is 0 Å². The first-order valence-corrected chi connectivity index (χ1v) is 5.61. The molecule has 1 N–H and O–H groups in total. The number of nitrogens with zero attached hydrogens (tertiary/aromatic N) is 2. The third kappa shape index (κ3) is 1.98. The monoisotopic (exact) mass is 240 g/mol. The maximum Gasteiger partial charge on any atom is 0.261 e. The predicted molar refractivity (Wildman–Crippen MR) is 66.4 cm³/mol. The van der Waals surface area contributed by atoms with Crippen LogP contribution in [-0.4, -0.2) is 15.6 Å². The first kappa shape index (κ1) is 11.9. The molecular weight excluding hydrogens is 228 g/mol. The Bertz CT molecular complexity index is 622. The van der Waals surface area contributed by atoms with Crippen molar-refractivity contribution in [2.24, 2.45) is 0 Å². The van der Waals surface area contributed by atoms with Crippen LogP contribution in [0.5, 0.6) is 5.75 Å². The highest BCUT2D eigenvalue weighted by atomic mass is 16.3. The summed E-state index contributed by atoms with van der Waals surface area (Å²) in [6.07, 6.45) is 3.85. The molecule has 2 aromatic rings. The zero-order valence-electron chi connectivity index (χ0n) is 9.92. The highest BCUT2D eigenvalue weighted by molar-refractivity contribution is 5.96. The van der Waals surface area contributed by atoms with E-state index in [0.29, 0.717) is 17.5 Å². The van der Waals surface area contributed by atoms with E-state index in [4.69, 9.17) is 5.26 Å². The second kappa shape index (κ2) is 4.76. The second-order valence-electron chi connectivity index (χ2n) is 3.89. The number of aryl methyl sites for hydroxylation is 1. The summed E-state index contributed by atoms with van der Waals surface area (Å²) in [5, 5.41) is 18.7. The molecule has 0 unspecified atom stereocenters. The minimum absolute atomic E-state index is 0.0379. The average Bonchev–Trinajstić information content (AvgIpc) is 2.92. The van der Waals surface area contributed by atoms with Gasteiger partial charge in [-0.25, -0.2) is 0 Å². The van der Waals surface area contributed by atoms with Crippen LogP contribution in [0.15, 0.2) is 36.7 Å². The molecule has 0 radical (unpaired) electrons. The van der Waals surface area contributed by atoms with Crippen molar-refractivity contribution < 1.29 is 9.90 Å².